The molecule has 0 N–H and O–H groups in total. The predicted molar refractivity (Wildman–Crippen MR) is 74.7 cm³/mol. The predicted octanol–water partition coefficient (Wildman–Crippen LogP) is 2.91. The van der Waals surface area contributed by atoms with Gasteiger partial charge in [0.1, 0.15) is 0 Å². The molecule has 0 aromatic heterocycles. The van der Waals surface area contributed by atoms with Crippen molar-refractivity contribution in [1.82, 2.24) is 4.90 Å². The Labute approximate surface area is 105 Å². The van der Waals surface area contributed by atoms with Crippen LogP contribution in [-0.4, -0.2) is 36.6 Å². The Morgan fingerprint density at radius 2 is 1.71 bits per heavy atom. The highest BCUT2D eigenvalue weighted by Gasteiger charge is 2.28. The van der Waals surface area contributed by atoms with Crippen molar-refractivity contribution in [3.8, 4) is 0 Å². The summed E-state index contributed by atoms with van der Waals surface area (Å²) < 4.78 is 0. The molecule has 1 heterocycles. The van der Waals surface area contributed by atoms with Crippen molar-refractivity contribution in [2.24, 2.45) is 0 Å². The number of benzene rings is 1. The van der Waals surface area contributed by atoms with Crippen molar-refractivity contribution in [1.29, 1.82) is 0 Å². The molecule has 0 bridgehead atoms. The first-order valence-corrected chi connectivity index (χ1v) is 6.69. The van der Waals surface area contributed by atoms with E-state index in [2.05, 4.69) is 61.8 Å². The van der Waals surface area contributed by atoms with Crippen molar-refractivity contribution in [3.05, 3.63) is 29.8 Å². The molecule has 1 aromatic carbocycles. The lowest BCUT2D eigenvalue weighted by atomic mass is 10.1. The van der Waals surface area contributed by atoms with Crippen LogP contribution in [-0.2, 0) is 0 Å². The molecule has 2 nitrogen and oxygen atoms in total. The van der Waals surface area contributed by atoms with E-state index < -0.39 is 0 Å². The lowest BCUT2D eigenvalue weighted by Gasteiger charge is -2.45. The number of piperazine rings is 1. The maximum absolute atomic E-state index is 2.59. The standard InChI is InChI=1S/C15H24N2/c1-5-17-13(3)10-16(11-14(17)4)15-9-7-6-8-12(15)2/h6-9,13-14H,5,10-11H2,1-4H3. The van der Waals surface area contributed by atoms with E-state index >= 15 is 0 Å². The summed E-state index contributed by atoms with van der Waals surface area (Å²) in [7, 11) is 0. The van der Waals surface area contributed by atoms with Crippen LogP contribution in [0.25, 0.3) is 0 Å². The van der Waals surface area contributed by atoms with Crippen molar-refractivity contribution >= 4 is 5.69 Å². The summed E-state index contributed by atoms with van der Waals surface area (Å²) in [5, 5.41) is 0. The first-order valence-electron chi connectivity index (χ1n) is 6.69. The third kappa shape index (κ3) is 2.47. The van der Waals surface area contributed by atoms with Crippen molar-refractivity contribution in [2.45, 2.75) is 39.8 Å². The number of rotatable bonds is 2. The highest BCUT2D eigenvalue weighted by Crippen LogP contribution is 2.24. The van der Waals surface area contributed by atoms with Gasteiger partial charge in [0.05, 0.1) is 0 Å². The van der Waals surface area contributed by atoms with Gasteiger partial charge in [-0.25, -0.2) is 0 Å². The van der Waals surface area contributed by atoms with Crippen molar-refractivity contribution in [3.63, 3.8) is 0 Å². The number of hydrogen-bond donors (Lipinski definition) is 0. The highest BCUT2D eigenvalue weighted by molar-refractivity contribution is 5.53. The highest BCUT2D eigenvalue weighted by atomic mass is 15.3. The van der Waals surface area contributed by atoms with E-state index in [0.29, 0.717) is 12.1 Å². The number of aryl methyl sites for hydroxylation is 1. The fourth-order valence-electron chi connectivity index (χ4n) is 3.09. The minimum Gasteiger partial charge on any atom is -0.368 e. The van der Waals surface area contributed by atoms with E-state index in [1.807, 2.05) is 0 Å². The normalized spacial score (nSPS) is 26.2. The number of anilines is 1. The zero-order valence-electron chi connectivity index (χ0n) is 11.5. The molecule has 2 unspecified atom stereocenters. The SMILES string of the molecule is CCN1C(C)CN(c2ccccc2C)CC1C. The van der Waals surface area contributed by atoms with E-state index in [0.717, 1.165) is 19.6 Å². The van der Waals surface area contributed by atoms with E-state index in [4.69, 9.17) is 0 Å². The zero-order valence-corrected chi connectivity index (χ0v) is 11.5. The van der Waals surface area contributed by atoms with Crippen LogP contribution in [0, 0.1) is 6.92 Å². The van der Waals surface area contributed by atoms with Gasteiger partial charge in [-0.15, -0.1) is 0 Å². The van der Waals surface area contributed by atoms with Crippen LogP contribution in [0.5, 0.6) is 0 Å². The Kier molecular flexibility index (Phi) is 3.72. The molecule has 0 spiro atoms. The summed E-state index contributed by atoms with van der Waals surface area (Å²) in [6.07, 6.45) is 0. The Morgan fingerprint density at radius 1 is 1.12 bits per heavy atom. The van der Waals surface area contributed by atoms with Gasteiger partial charge in [0.25, 0.3) is 0 Å². The molecule has 0 amide bonds. The van der Waals surface area contributed by atoms with Gasteiger partial charge in [-0.05, 0) is 38.9 Å². The third-order valence-corrected chi connectivity index (χ3v) is 3.92. The zero-order chi connectivity index (χ0) is 12.4. The average molecular weight is 232 g/mol. The number of hydrogen-bond acceptors (Lipinski definition) is 2. The molecule has 1 aromatic rings. The molecule has 2 atom stereocenters. The van der Waals surface area contributed by atoms with Crippen LogP contribution in [0.1, 0.15) is 26.3 Å². The molecule has 2 heteroatoms. The van der Waals surface area contributed by atoms with Gasteiger partial charge in [-0.2, -0.15) is 0 Å². The Bertz CT molecular complexity index is 363. The van der Waals surface area contributed by atoms with Crippen LogP contribution in [0.4, 0.5) is 5.69 Å². The Morgan fingerprint density at radius 3 is 2.24 bits per heavy atom. The lowest BCUT2D eigenvalue weighted by molar-refractivity contribution is 0.140. The molecular formula is C15H24N2. The van der Waals surface area contributed by atoms with Gasteiger partial charge in [-0.3, -0.25) is 4.90 Å². The van der Waals surface area contributed by atoms with E-state index in [-0.39, 0.29) is 0 Å². The summed E-state index contributed by atoms with van der Waals surface area (Å²) in [5.74, 6) is 0. The van der Waals surface area contributed by atoms with Gasteiger partial charge >= 0.3 is 0 Å². The van der Waals surface area contributed by atoms with Gasteiger partial charge < -0.3 is 4.90 Å². The minimum absolute atomic E-state index is 0.642. The lowest BCUT2D eigenvalue weighted by Crippen LogP contribution is -2.56. The Balaban J connectivity index is 2.18. The topological polar surface area (TPSA) is 6.48 Å². The fourth-order valence-corrected chi connectivity index (χ4v) is 3.09. The molecule has 0 aliphatic carbocycles. The van der Waals surface area contributed by atoms with Gasteiger partial charge in [0, 0.05) is 30.9 Å². The average Bonchev–Trinajstić information content (AvgIpc) is 2.29. The Hall–Kier alpha value is -1.02. The third-order valence-electron chi connectivity index (χ3n) is 3.92. The molecule has 2 rings (SSSR count). The molecule has 94 valence electrons. The second-order valence-corrected chi connectivity index (χ2v) is 5.22. The molecular weight excluding hydrogens is 208 g/mol. The van der Waals surface area contributed by atoms with Crippen LogP contribution in [0.15, 0.2) is 24.3 Å². The van der Waals surface area contributed by atoms with Crippen LogP contribution in [0.3, 0.4) is 0 Å². The summed E-state index contributed by atoms with van der Waals surface area (Å²) in [4.78, 5) is 5.13. The van der Waals surface area contributed by atoms with Gasteiger partial charge in [0.15, 0.2) is 0 Å². The molecule has 0 radical (unpaired) electrons. The molecule has 17 heavy (non-hydrogen) atoms. The van der Waals surface area contributed by atoms with E-state index in [1.165, 1.54) is 11.3 Å². The maximum Gasteiger partial charge on any atom is 0.0396 e. The second kappa shape index (κ2) is 5.09. The molecule has 0 saturated carbocycles. The van der Waals surface area contributed by atoms with Crippen LogP contribution >= 0.6 is 0 Å². The summed E-state index contributed by atoms with van der Waals surface area (Å²) in [5.41, 5.74) is 2.79. The van der Waals surface area contributed by atoms with Crippen molar-refractivity contribution < 1.29 is 0 Å². The minimum atomic E-state index is 0.642. The molecule has 1 aliphatic heterocycles. The van der Waals surface area contributed by atoms with E-state index in [9.17, 15) is 0 Å². The van der Waals surface area contributed by atoms with Crippen LogP contribution < -0.4 is 4.90 Å². The quantitative estimate of drug-likeness (QED) is 0.773. The number of para-hydroxylation sites is 1. The first kappa shape index (κ1) is 12.4. The fraction of sp³-hybridized carbons (Fsp3) is 0.600. The van der Waals surface area contributed by atoms with E-state index in [1.54, 1.807) is 0 Å². The van der Waals surface area contributed by atoms with Gasteiger partial charge in [0.2, 0.25) is 0 Å². The largest absolute Gasteiger partial charge is 0.368 e. The van der Waals surface area contributed by atoms with Crippen molar-refractivity contribution in [2.75, 3.05) is 24.5 Å². The first-order chi connectivity index (χ1) is 8.13. The summed E-state index contributed by atoms with van der Waals surface area (Å²) >= 11 is 0. The second-order valence-electron chi connectivity index (χ2n) is 5.22. The monoisotopic (exact) mass is 232 g/mol. The molecule has 1 saturated heterocycles. The summed E-state index contributed by atoms with van der Waals surface area (Å²) in [6.45, 7) is 12.6. The summed E-state index contributed by atoms with van der Waals surface area (Å²) in [6, 6.07) is 10.00. The molecule has 1 fully saturated rings. The van der Waals surface area contributed by atoms with Crippen LogP contribution in [0.2, 0.25) is 0 Å². The van der Waals surface area contributed by atoms with Gasteiger partial charge in [-0.1, -0.05) is 25.1 Å². The number of nitrogens with zero attached hydrogens (tertiary/aromatic N) is 2. The molecule has 1 aliphatic rings. The number of likely N-dealkylation sites (N-methyl/N-ethyl adjacent to an activating group) is 1. The smallest absolute Gasteiger partial charge is 0.0396 e. The maximum atomic E-state index is 2.59.